The lowest BCUT2D eigenvalue weighted by molar-refractivity contribution is 0.431. The molecule has 1 saturated heterocycles. The van der Waals surface area contributed by atoms with Crippen molar-refractivity contribution in [3.63, 3.8) is 0 Å². The summed E-state index contributed by atoms with van der Waals surface area (Å²) in [6, 6.07) is 3.27. The quantitative estimate of drug-likeness (QED) is 0.776. The fourth-order valence-electron chi connectivity index (χ4n) is 2.37. The van der Waals surface area contributed by atoms with Crippen LogP contribution in [0, 0.1) is 12.7 Å². The topological polar surface area (TPSA) is 12.0 Å². The van der Waals surface area contributed by atoms with Crippen molar-refractivity contribution < 1.29 is 4.39 Å². The third-order valence-corrected chi connectivity index (χ3v) is 3.52. The van der Waals surface area contributed by atoms with E-state index in [1.165, 1.54) is 6.07 Å². The van der Waals surface area contributed by atoms with Gasteiger partial charge in [0, 0.05) is 5.54 Å². The van der Waals surface area contributed by atoms with Crippen molar-refractivity contribution in [3.8, 4) is 0 Å². The van der Waals surface area contributed by atoms with Crippen molar-refractivity contribution in [1.29, 1.82) is 0 Å². The second-order valence-electron chi connectivity index (χ2n) is 4.44. The fraction of sp³-hybridized carbons (Fsp3) is 0.500. The zero-order chi connectivity index (χ0) is 11.1. The molecule has 0 spiro atoms. The SMILES string of the molecule is Cc1cc(F)c(Cl)cc1C1(C)CCCN1. The Morgan fingerprint density at radius 1 is 1.47 bits per heavy atom. The molecule has 0 aliphatic carbocycles. The Labute approximate surface area is 94.6 Å². The maximum absolute atomic E-state index is 13.2. The highest BCUT2D eigenvalue weighted by Crippen LogP contribution is 2.34. The van der Waals surface area contributed by atoms with Gasteiger partial charge in [0.1, 0.15) is 5.82 Å². The van der Waals surface area contributed by atoms with Crippen LogP contribution in [0.25, 0.3) is 0 Å². The Morgan fingerprint density at radius 2 is 2.20 bits per heavy atom. The molecule has 1 nitrogen and oxygen atoms in total. The van der Waals surface area contributed by atoms with Crippen molar-refractivity contribution in [2.24, 2.45) is 0 Å². The van der Waals surface area contributed by atoms with Gasteiger partial charge in [0.2, 0.25) is 0 Å². The minimum absolute atomic E-state index is 0.0403. The van der Waals surface area contributed by atoms with Gasteiger partial charge in [-0.2, -0.15) is 0 Å². The Morgan fingerprint density at radius 3 is 2.80 bits per heavy atom. The Balaban J connectivity index is 2.48. The van der Waals surface area contributed by atoms with Gasteiger partial charge in [0.25, 0.3) is 0 Å². The molecule has 15 heavy (non-hydrogen) atoms. The average Bonchev–Trinajstić information content (AvgIpc) is 2.60. The molecule has 0 aromatic heterocycles. The van der Waals surface area contributed by atoms with E-state index in [0.717, 1.165) is 30.5 Å². The number of nitrogens with one attached hydrogen (secondary N) is 1. The van der Waals surface area contributed by atoms with Crippen molar-refractivity contribution in [1.82, 2.24) is 5.32 Å². The second-order valence-corrected chi connectivity index (χ2v) is 4.85. The third kappa shape index (κ3) is 1.88. The molecule has 3 heteroatoms. The van der Waals surface area contributed by atoms with E-state index in [2.05, 4.69) is 12.2 Å². The molecular weight excluding hydrogens is 213 g/mol. The molecule has 0 bridgehead atoms. The van der Waals surface area contributed by atoms with Crippen LogP contribution in [0.4, 0.5) is 4.39 Å². The van der Waals surface area contributed by atoms with Crippen LogP contribution >= 0.6 is 11.6 Å². The van der Waals surface area contributed by atoms with Crippen LogP contribution in [0.3, 0.4) is 0 Å². The van der Waals surface area contributed by atoms with E-state index in [0.29, 0.717) is 0 Å². The molecule has 1 unspecified atom stereocenters. The zero-order valence-electron chi connectivity index (χ0n) is 9.03. The first kappa shape index (κ1) is 10.9. The number of rotatable bonds is 1. The largest absolute Gasteiger partial charge is 0.308 e. The first-order valence-corrected chi connectivity index (χ1v) is 5.62. The van der Waals surface area contributed by atoms with Crippen molar-refractivity contribution >= 4 is 11.6 Å². The molecule has 1 aliphatic heterocycles. The van der Waals surface area contributed by atoms with Crippen LogP contribution in [0.1, 0.15) is 30.9 Å². The second kappa shape index (κ2) is 3.76. The van der Waals surface area contributed by atoms with Gasteiger partial charge in [-0.1, -0.05) is 11.6 Å². The van der Waals surface area contributed by atoms with E-state index in [4.69, 9.17) is 11.6 Å². The van der Waals surface area contributed by atoms with Gasteiger partial charge in [-0.15, -0.1) is 0 Å². The van der Waals surface area contributed by atoms with E-state index in [1.807, 2.05) is 6.92 Å². The first-order chi connectivity index (χ1) is 7.03. The highest BCUT2D eigenvalue weighted by molar-refractivity contribution is 6.30. The molecule has 1 atom stereocenters. The van der Waals surface area contributed by atoms with E-state index in [9.17, 15) is 4.39 Å². The lowest BCUT2D eigenvalue weighted by atomic mass is 9.87. The number of hydrogen-bond acceptors (Lipinski definition) is 1. The van der Waals surface area contributed by atoms with Crippen molar-refractivity contribution in [3.05, 3.63) is 34.1 Å². The first-order valence-electron chi connectivity index (χ1n) is 5.24. The minimum Gasteiger partial charge on any atom is -0.308 e. The van der Waals surface area contributed by atoms with Gasteiger partial charge in [-0.3, -0.25) is 0 Å². The lowest BCUT2D eigenvalue weighted by Gasteiger charge is -2.27. The average molecular weight is 228 g/mol. The maximum Gasteiger partial charge on any atom is 0.142 e. The van der Waals surface area contributed by atoms with Gasteiger partial charge in [-0.25, -0.2) is 4.39 Å². The summed E-state index contributed by atoms with van der Waals surface area (Å²) >= 11 is 5.82. The third-order valence-electron chi connectivity index (χ3n) is 3.23. The smallest absolute Gasteiger partial charge is 0.142 e. The Bertz CT molecular complexity index is 383. The summed E-state index contributed by atoms with van der Waals surface area (Å²) in [5.41, 5.74) is 2.04. The standard InChI is InChI=1S/C12H15ClFN/c1-8-6-11(14)10(13)7-9(8)12(2)4-3-5-15-12/h6-7,15H,3-5H2,1-2H3. The lowest BCUT2D eigenvalue weighted by Crippen LogP contribution is -2.33. The van der Waals surface area contributed by atoms with Gasteiger partial charge in [0.05, 0.1) is 5.02 Å². The number of benzene rings is 1. The summed E-state index contributed by atoms with van der Waals surface area (Å²) in [6.45, 7) is 5.10. The van der Waals surface area contributed by atoms with Crippen LogP contribution in [0.2, 0.25) is 5.02 Å². The van der Waals surface area contributed by atoms with Crippen LogP contribution in [0.15, 0.2) is 12.1 Å². The normalized spacial score (nSPS) is 25.9. The van der Waals surface area contributed by atoms with Crippen LogP contribution in [0.5, 0.6) is 0 Å². The van der Waals surface area contributed by atoms with Crippen LogP contribution in [-0.4, -0.2) is 6.54 Å². The highest BCUT2D eigenvalue weighted by atomic mass is 35.5. The summed E-state index contributed by atoms with van der Waals surface area (Å²) < 4.78 is 13.2. The predicted octanol–water partition coefficient (Wildman–Crippen LogP) is 3.39. The van der Waals surface area contributed by atoms with Gasteiger partial charge >= 0.3 is 0 Å². The molecule has 0 radical (unpaired) electrons. The minimum atomic E-state index is -0.334. The van der Waals surface area contributed by atoms with Gasteiger partial charge in [0.15, 0.2) is 0 Å². The van der Waals surface area contributed by atoms with Crippen LogP contribution < -0.4 is 5.32 Å². The van der Waals surface area contributed by atoms with Crippen molar-refractivity contribution in [2.75, 3.05) is 6.54 Å². The van der Waals surface area contributed by atoms with E-state index in [1.54, 1.807) is 6.07 Å². The molecule has 82 valence electrons. The predicted molar refractivity (Wildman–Crippen MR) is 60.7 cm³/mol. The Hall–Kier alpha value is -0.600. The van der Waals surface area contributed by atoms with Gasteiger partial charge in [-0.05, 0) is 56.5 Å². The molecule has 2 rings (SSSR count). The molecule has 1 N–H and O–H groups in total. The number of halogens is 2. The molecule has 0 amide bonds. The number of hydrogen-bond donors (Lipinski definition) is 1. The zero-order valence-corrected chi connectivity index (χ0v) is 9.79. The summed E-state index contributed by atoms with van der Waals surface area (Å²) in [4.78, 5) is 0. The number of aryl methyl sites for hydroxylation is 1. The van der Waals surface area contributed by atoms with E-state index < -0.39 is 0 Å². The molecule has 1 aliphatic rings. The maximum atomic E-state index is 13.2. The molecule has 1 aromatic carbocycles. The highest BCUT2D eigenvalue weighted by Gasteiger charge is 2.31. The van der Waals surface area contributed by atoms with Crippen LogP contribution in [-0.2, 0) is 5.54 Å². The van der Waals surface area contributed by atoms with Crippen molar-refractivity contribution in [2.45, 2.75) is 32.2 Å². The summed E-state index contributed by atoms with van der Waals surface area (Å²) in [5, 5.41) is 3.67. The molecule has 1 heterocycles. The van der Waals surface area contributed by atoms with Gasteiger partial charge < -0.3 is 5.32 Å². The molecular formula is C12H15ClFN. The van der Waals surface area contributed by atoms with E-state index in [-0.39, 0.29) is 16.4 Å². The summed E-state index contributed by atoms with van der Waals surface area (Å²) in [7, 11) is 0. The fourth-order valence-corrected chi connectivity index (χ4v) is 2.53. The summed E-state index contributed by atoms with van der Waals surface area (Å²) in [6.07, 6.45) is 2.24. The molecule has 1 aromatic rings. The molecule has 0 saturated carbocycles. The molecule has 1 fully saturated rings. The van der Waals surface area contributed by atoms with E-state index >= 15 is 0 Å². The Kier molecular flexibility index (Phi) is 2.73. The monoisotopic (exact) mass is 227 g/mol. The summed E-state index contributed by atoms with van der Waals surface area (Å²) in [5.74, 6) is -0.334.